The van der Waals surface area contributed by atoms with E-state index in [2.05, 4.69) is 5.32 Å². The van der Waals surface area contributed by atoms with Crippen molar-refractivity contribution in [2.75, 3.05) is 19.6 Å². The Bertz CT molecular complexity index is 456. The summed E-state index contributed by atoms with van der Waals surface area (Å²) in [7, 11) is 0. The molecule has 0 saturated carbocycles. The van der Waals surface area contributed by atoms with E-state index in [9.17, 15) is 18.0 Å². The molecule has 1 saturated heterocycles. The maximum atomic E-state index is 12.5. The van der Waals surface area contributed by atoms with E-state index in [1.165, 1.54) is 19.1 Å². The number of nitrogens with zero attached hydrogens (tertiary/aromatic N) is 1. The van der Waals surface area contributed by atoms with Crippen LogP contribution in [0.5, 0.6) is 0 Å². The van der Waals surface area contributed by atoms with Gasteiger partial charge in [0.05, 0.1) is 5.56 Å². The van der Waals surface area contributed by atoms with Crippen LogP contribution in [0.15, 0.2) is 24.3 Å². The molecule has 1 aromatic carbocycles. The third kappa shape index (κ3) is 3.26. The van der Waals surface area contributed by atoms with Gasteiger partial charge in [-0.1, -0.05) is 12.1 Å². The van der Waals surface area contributed by atoms with E-state index < -0.39 is 11.7 Å². The molecule has 1 N–H and O–H groups in total. The number of rotatable bonds is 1. The highest BCUT2D eigenvalue weighted by Crippen LogP contribution is 2.30. The number of nitrogens with one attached hydrogen (secondary N) is 1. The van der Waals surface area contributed by atoms with Gasteiger partial charge in [0.15, 0.2) is 0 Å². The summed E-state index contributed by atoms with van der Waals surface area (Å²) in [6, 6.07) is 4.96. The molecule has 1 aromatic rings. The molecular weight excluding hydrogens is 257 g/mol. The first-order valence-electron chi connectivity index (χ1n) is 6.04. The van der Waals surface area contributed by atoms with E-state index in [0.717, 1.165) is 17.7 Å². The molecule has 0 spiro atoms. The molecule has 1 aliphatic rings. The number of amides is 1. The van der Waals surface area contributed by atoms with Gasteiger partial charge in [0.1, 0.15) is 0 Å². The molecule has 19 heavy (non-hydrogen) atoms. The standard InChI is InChI=1S/C13H15F3N2O/c1-9(19)18-7-6-17-12(8-18)10-2-4-11(5-3-10)13(14,15)16/h2-5,12,17H,6-8H2,1H3/t12-/m0/s1. The molecule has 1 fully saturated rings. The highest BCUT2D eigenvalue weighted by atomic mass is 19.4. The van der Waals surface area contributed by atoms with Gasteiger partial charge in [-0.05, 0) is 17.7 Å². The molecule has 2 rings (SSSR count). The lowest BCUT2D eigenvalue weighted by atomic mass is 10.0. The number of piperazine rings is 1. The number of hydrogen-bond donors (Lipinski definition) is 1. The summed E-state index contributed by atoms with van der Waals surface area (Å²) < 4.78 is 37.4. The van der Waals surface area contributed by atoms with Crippen molar-refractivity contribution in [3.8, 4) is 0 Å². The third-order valence-corrected chi connectivity index (χ3v) is 3.26. The zero-order valence-corrected chi connectivity index (χ0v) is 10.5. The second-order valence-corrected chi connectivity index (χ2v) is 4.59. The summed E-state index contributed by atoms with van der Waals surface area (Å²) in [5, 5.41) is 3.20. The van der Waals surface area contributed by atoms with E-state index in [-0.39, 0.29) is 11.9 Å². The summed E-state index contributed by atoms with van der Waals surface area (Å²) in [6.45, 7) is 3.26. The van der Waals surface area contributed by atoms with Crippen LogP contribution >= 0.6 is 0 Å². The zero-order valence-electron chi connectivity index (χ0n) is 10.5. The number of halogens is 3. The Morgan fingerprint density at radius 3 is 2.47 bits per heavy atom. The molecule has 0 aliphatic carbocycles. The second-order valence-electron chi connectivity index (χ2n) is 4.59. The van der Waals surface area contributed by atoms with Crippen molar-refractivity contribution in [2.45, 2.75) is 19.1 Å². The summed E-state index contributed by atoms with van der Waals surface area (Å²) in [4.78, 5) is 13.0. The SMILES string of the molecule is CC(=O)N1CCN[C@H](c2ccc(C(F)(F)F)cc2)C1. The smallest absolute Gasteiger partial charge is 0.340 e. The topological polar surface area (TPSA) is 32.3 Å². The zero-order chi connectivity index (χ0) is 14.0. The fourth-order valence-electron chi connectivity index (χ4n) is 2.16. The van der Waals surface area contributed by atoms with Crippen molar-refractivity contribution in [2.24, 2.45) is 0 Å². The lowest BCUT2D eigenvalue weighted by Gasteiger charge is -2.33. The van der Waals surface area contributed by atoms with Crippen molar-refractivity contribution in [3.63, 3.8) is 0 Å². The monoisotopic (exact) mass is 272 g/mol. The van der Waals surface area contributed by atoms with Gasteiger partial charge in [-0.25, -0.2) is 0 Å². The van der Waals surface area contributed by atoms with Gasteiger partial charge < -0.3 is 10.2 Å². The Balaban J connectivity index is 2.12. The van der Waals surface area contributed by atoms with Crippen LogP contribution in [0.25, 0.3) is 0 Å². The van der Waals surface area contributed by atoms with Crippen molar-refractivity contribution in [1.29, 1.82) is 0 Å². The maximum Gasteiger partial charge on any atom is 0.416 e. The van der Waals surface area contributed by atoms with Crippen molar-refractivity contribution in [3.05, 3.63) is 35.4 Å². The van der Waals surface area contributed by atoms with Gasteiger partial charge >= 0.3 is 6.18 Å². The molecule has 104 valence electrons. The fraction of sp³-hybridized carbons (Fsp3) is 0.462. The van der Waals surface area contributed by atoms with Crippen molar-refractivity contribution < 1.29 is 18.0 Å². The molecule has 0 unspecified atom stereocenters. The molecular formula is C13H15F3N2O. The molecule has 1 amide bonds. The van der Waals surface area contributed by atoms with E-state index in [0.29, 0.717) is 19.6 Å². The minimum Gasteiger partial charge on any atom is -0.340 e. The molecule has 1 atom stereocenters. The summed E-state index contributed by atoms with van der Waals surface area (Å²) in [5.41, 5.74) is 0.106. The molecule has 1 aliphatic heterocycles. The van der Waals surface area contributed by atoms with Gasteiger partial charge in [0.2, 0.25) is 5.91 Å². The van der Waals surface area contributed by atoms with E-state index in [4.69, 9.17) is 0 Å². The Hall–Kier alpha value is -1.56. The predicted octanol–water partition coefficient (Wildman–Crippen LogP) is 2.20. The highest BCUT2D eigenvalue weighted by Gasteiger charge is 2.30. The Morgan fingerprint density at radius 1 is 1.32 bits per heavy atom. The Kier molecular flexibility index (Phi) is 3.80. The van der Waals surface area contributed by atoms with Crippen LogP contribution in [-0.2, 0) is 11.0 Å². The summed E-state index contributed by atoms with van der Waals surface area (Å²) in [6.07, 6.45) is -4.32. The first-order chi connectivity index (χ1) is 8.88. The van der Waals surface area contributed by atoms with Crippen LogP contribution < -0.4 is 5.32 Å². The van der Waals surface area contributed by atoms with Crippen LogP contribution in [0, 0.1) is 0 Å². The molecule has 6 heteroatoms. The molecule has 3 nitrogen and oxygen atoms in total. The lowest BCUT2D eigenvalue weighted by molar-refractivity contribution is -0.137. The van der Waals surface area contributed by atoms with Crippen LogP contribution in [0.1, 0.15) is 24.1 Å². The van der Waals surface area contributed by atoms with Crippen molar-refractivity contribution >= 4 is 5.91 Å². The van der Waals surface area contributed by atoms with Gasteiger partial charge in [-0.2, -0.15) is 13.2 Å². The third-order valence-electron chi connectivity index (χ3n) is 3.26. The predicted molar refractivity (Wildman–Crippen MR) is 64.4 cm³/mol. The quantitative estimate of drug-likeness (QED) is 0.850. The summed E-state index contributed by atoms with van der Waals surface area (Å²) >= 11 is 0. The van der Waals surface area contributed by atoms with Crippen LogP contribution in [0.4, 0.5) is 13.2 Å². The van der Waals surface area contributed by atoms with Gasteiger partial charge in [0.25, 0.3) is 0 Å². The average molecular weight is 272 g/mol. The van der Waals surface area contributed by atoms with E-state index in [1.54, 1.807) is 4.90 Å². The van der Waals surface area contributed by atoms with Crippen molar-refractivity contribution in [1.82, 2.24) is 10.2 Å². The fourth-order valence-corrected chi connectivity index (χ4v) is 2.16. The Labute approximate surface area is 109 Å². The van der Waals surface area contributed by atoms with Gasteiger partial charge in [-0.3, -0.25) is 4.79 Å². The molecule has 0 radical (unpaired) electrons. The molecule has 0 bridgehead atoms. The van der Waals surface area contributed by atoms with Gasteiger partial charge in [-0.15, -0.1) is 0 Å². The molecule has 0 aromatic heterocycles. The van der Waals surface area contributed by atoms with E-state index in [1.807, 2.05) is 0 Å². The Morgan fingerprint density at radius 2 is 1.95 bits per heavy atom. The highest BCUT2D eigenvalue weighted by molar-refractivity contribution is 5.73. The van der Waals surface area contributed by atoms with Gasteiger partial charge in [0, 0.05) is 32.6 Å². The lowest BCUT2D eigenvalue weighted by Crippen LogP contribution is -2.47. The van der Waals surface area contributed by atoms with Crippen LogP contribution in [0.2, 0.25) is 0 Å². The number of hydrogen-bond acceptors (Lipinski definition) is 2. The largest absolute Gasteiger partial charge is 0.416 e. The number of alkyl halides is 3. The maximum absolute atomic E-state index is 12.5. The first kappa shape index (κ1) is 13.9. The second kappa shape index (κ2) is 5.21. The number of carbonyl (C=O) groups is 1. The minimum atomic E-state index is -4.32. The first-order valence-corrected chi connectivity index (χ1v) is 6.04. The average Bonchev–Trinajstić information content (AvgIpc) is 2.38. The minimum absolute atomic E-state index is 0.0154. The normalized spacial score (nSPS) is 20.4. The summed E-state index contributed by atoms with van der Waals surface area (Å²) in [5.74, 6) is -0.0154. The van der Waals surface area contributed by atoms with Crippen LogP contribution in [-0.4, -0.2) is 30.4 Å². The number of benzene rings is 1. The number of carbonyl (C=O) groups excluding carboxylic acids is 1. The van der Waals surface area contributed by atoms with E-state index >= 15 is 0 Å². The van der Waals surface area contributed by atoms with Crippen LogP contribution in [0.3, 0.4) is 0 Å². The molecule has 1 heterocycles.